The predicted octanol–water partition coefficient (Wildman–Crippen LogP) is 5.92. The molecular weight excluding hydrogens is 232 g/mol. The van der Waals surface area contributed by atoms with Crippen molar-refractivity contribution >= 4 is 0 Å². The van der Waals surface area contributed by atoms with Gasteiger partial charge in [0.2, 0.25) is 0 Å². The zero-order chi connectivity index (χ0) is 15.4. The van der Waals surface area contributed by atoms with Gasteiger partial charge in [-0.2, -0.15) is 0 Å². The van der Waals surface area contributed by atoms with Crippen LogP contribution in [0, 0.1) is 22.7 Å². The van der Waals surface area contributed by atoms with E-state index in [4.69, 9.17) is 4.74 Å². The molecule has 0 fully saturated rings. The molecule has 0 aromatic rings. The van der Waals surface area contributed by atoms with Crippen LogP contribution in [0.1, 0.15) is 82.1 Å². The van der Waals surface area contributed by atoms with Crippen molar-refractivity contribution in [2.75, 3.05) is 0 Å². The second-order valence-electron chi connectivity index (χ2n) is 9.10. The van der Waals surface area contributed by atoms with Crippen LogP contribution < -0.4 is 0 Å². The van der Waals surface area contributed by atoms with Gasteiger partial charge in [0.1, 0.15) is 0 Å². The van der Waals surface area contributed by atoms with Crippen molar-refractivity contribution in [3.05, 3.63) is 0 Å². The molecule has 0 spiro atoms. The smallest absolute Gasteiger partial charge is 0.0629 e. The minimum Gasteiger partial charge on any atom is -0.374 e. The summed E-state index contributed by atoms with van der Waals surface area (Å²) in [5, 5.41) is 0. The fourth-order valence-corrected chi connectivity index (χ4v) is 2.28. The molecule has 0 amide bonds. The molecular formula is C18H38O. The summed E-state index contributed by atoms with van der Waals surface area (Å²) in [6, 6.07) is 0. The molecule has 0 N–H and O–H groups in total. The van der Waals surface area contributed by atoms with Crippen LogP contribution in [0.4, 0.5) is 0 Å². The summed E-state index contributed by atoms with van der Waals surface area (Å²) >= 11 is 0. The number of ether oxygens (including phenoxy) is 1. The van der Waals surface area contributed by atoms with Crippen LogP contribution in [-0.4, -0.2) is 12.2 Å². The van der Waals surface area contributed by atoms with Crippen molar-refractivity contribution < 1.29 is 4.74 Å². The van der Waals surface area contributed by atoms with Gasteiger partial charge in [0.15, 0.2) is 0 Å². The lowest BCUT2D eigenvalue weighted by Crippen LogP contribution is -2.40. The molecule has 0 aliphatic heterocycles. The molecule has 0 unspecified atom stereocenters. The third-order valence-electron chi connectivity index (χ3n) is 3.63. The summed E-state index contributed by atoms with van der Waals surface area (Å²) in [6.45, 7) is 23.0. The van der Waals surface area contributed by atoms with Gasteiger partial charge in [-0.15, -0.1) is 0 Å². The first kappa shape index (κ1) is 19.0. The molecule has 0 rings (SSSR count). The molecule has 0 saturated carbocycles. The topological polar surface area (TPSA) is 9.23 Å². The van der Waals surface area contributed by atoms with E-state index in [2.05, 4.69) is 69.2 Å². The molecule has 0 radical (unpaired) electrons. The normalized spacial score (nSPS) is 17.1. The van der Waals surface area contributed by atoms with Crippen LogP contribution in [0.2, 0.25) is 0 Å². The molecule has 0 heterocycles. The molecule has 0 saturated heterocycles. The predicted molar refractivity (Wildman–Crippen MR) is 86.5 cm³/mol. The van der Waals surface area contributed by atoms with E-state index in [-0.39, 0.29) is 10.8 Å². The van der Waals surface area contributed by atoms with Gasteiger partial charge < -0.3 is 4.74 Å². The highest BCUT2D eigenvalue weighted by Gasteiger charge is 2.34. The van der Waals surface area contributed by atoms with Crippen LogP contribution in [-0.2, 0) is 4.74 Å². The van der Waals surface area contributed by atoms with E-state index in [1.807, 2.05) is 0 Å². The maximum absolute atomic E-state index is 6.60. The van der Waals surface area contributed by atoms with E-state index in [1.165, 1.54) is 0 Å². The van der Waals surface area contributed by atoms with Crippen LogP contribution in [0.25, 0.3) is 0 Å². The minimum atomic E-state index is 0.213. The van der Waals surface area contributed by atoms with Gasteiger partial charge in [0, 0.05) is 0 Å². The Labute approximate surface area is 122 Å². The Morgan fingerprint density at radius 1 is 0.632 bits per heavy atom. The Kier molecular flexibility index (Phi) is 7.09. The van der Waals surface area contributed by atoms with Crippen molar-refractivity contribution in [1.29, 1.82) is 0 Å². The Hall–Kier alpha value is -0.0400. The summed E-state index contributed by atoms with van der Waals surface area (Å²) in [4.78, 5) is 0. The summed E-state index contributed by atoms with van der Waals surface area (Å²) in [5.41, 5.74) is 0.426. The van der Waals surface area contributed by atoms with Crippen LogP contribution >= 0.6 is 0 Å². The van der Waals surface area contributed by atoms with Gasteiger partial charge >= 0.3 is 0 Å². The molecule has 2 atom stereocenters. The number of hydrogen-bond acceptors (Lipinski definition) is 1. The maximum Gasteiger partial charge on any atom is 0.0629 e. The third-order valence-corrected chi connectivity index (χ3v) is 3.63. The molecule has 0 aromatic heterocycles. The van der Waals surface area contributed by atoms with Crippen molar-refractivity contribution in [3.8, 4) is 0 Å². The largest absolute Gasteiger partial charge is 0.374 e. The van der Waals surface area contributed by atoms with Crippen molar-refractivity contribution in [1.82, 2.24) is 0 Å². The Balaban J connectivity index is 4.93. The van der Waals surface area contributed by atoms with E-state index < -0.39 is 0 Å². The zero-order valence-corrected chi connectivity index (χ0v) is 15.1. The van der Waals surface area contributed by atoms with Gasteiger partial charge in [0.05, 0.1) is 12.2 Å². The molecule has 0 aliphatic carbocycles. The van der Waals surface area contributed by atoms with Gasteiger partial charge in [-0.25, -0.2) is 0 Å². The van der Waals surface area contributed by atoms with Crippen molar-refractivity contribution in [2.45, 2.75) is 94.3 Å². The fraction of sp³-hybridized carbons (Fsp3) is 1.00. The lowest BCUT2D eigenvalue weighted by atomic mass is 9.81. The second-order valence-corrected chi connectivity index (χ2v) is 9.10. The minimum absolute atomic E-state index is 0.213. The van der Waals surface area contributed by atoms with Crippen LogP contribution in [0.5, 0.6) is 0 Å². The van der Waals surface area contributed by atoms with Gasteiger partial charge in [-0.3, -0.25) is 0 Å². The average molecular weight is 271 g/mol. The van der Waals surface area contributed by atoms with Gasteiger partial charge in [0.25, 0.3) is 0 Å². The second kappa shape index (κ2) is 7.11. The standard InChI is InChI=1S/C18H38O/c1-13(2)11-15(17(5,6)7)19-16(12-14(3)4)18(8,9)10/h13-16H,11-12H2,1-10H3/t15-,16-/m0/s1. The summed E-state index contributed by atoms with van der Waals surface area (Å²) in [6.07, 6.45) is 2.98. The molecule has 0 bridgehead atoms. The summed E-state index contributed by atoms with van der Waals surface area (Å²) in [7, 11) is 0. The van der Waals surface area contributed by atoms with Gasteiger partial charge in [-0.05, 0) is 35.5 Å². The van der Waals surface area contributed by atoms with Crippen LogP contribution in [0.15, 0.2) is 0 Å². The van der Waals surface area contributed by atoms with E-state index in [1.54, 1.807) is 0 Å². The van der Waals surface area contributed by atoms with E-state index in [0.717, 1.165) is 12.8 Å². The SMILES string of the molecule is CC(C)C[C@H](O[C@@H](CC(C)C)C(C)(C)C)C(C)(C)C. The van der Waals surface area contributed by atoms with E-state index in [9.17, 15) is 0 Å². The Morgan fingerprint density at radius 3 is 1.05 bits per heavy atom. The molecule has 116 valence electrons. The first-order valence-corrected chi connectivity index (χ1v) is 7.99. The first-order chi connectivity index (χ1) is 8.34. The molecule has 0 aliphatic rings. The van der Waals surface area contributed by atoms with E-state index in [0.29, 0.717) is 24.0 Å². The third kappa shape index (κ3) is 7.97. The highest BCUT2D eigenvalue weighted by atomic mass is 16.5. The Morgan fingerprint density at radius 2 is 0.895 bits per heavy atom. The number of hydrogen-bond donors (Lipinski definition) is 0. The molecule has 19 heavy (non-hydrogen) atoms. The molecule has 1 nitrogen and oxygen atoms in total. The van der Waals surface area contributed by atoms with Gasteiger partial charge in [-0.1, -0.05) is 69.2 Å². The molecule has 0 aromatic carbocycles. The maximum atomic E-state index is 6.60. The Bertz CT molecular complexity index is 213. The van der Waals surface area contributed by atoms with E-state index >= 15 is 0 Å². The fourth-order valence-electron chi connectivity index (χ4n) is 2.28. The quantitative estimate of drug-likeness (QED) is 0.581. The van der Waals surface area contributed by atoms with Crippen molar-refractivity contribution in [2.24, 2.45) is 22.7 Å². The zero-order valence-electron chi connectivity index (χ0n) is 15.1. The monoisotopic (exact) mass is 270 g/mol. The lowest BCUT2D eigenvalue weighted by Gasteiger charge is -2.40. The lowest BCUT2D eigenvalue weighted by molar-refractivity contribution is -0.120. The van der Waals surface area contributed by atoms with Crippen LogP contribution in [0.3, 0.4) is 0 Å². The highest BCUT2D eigenvalue weighted by molar-refractivity contribution is 4.82. The summed E-state index contributed by atoms with van der Waals surface area (Å²) < 4.78 is 6.60. The summed E-state index contributed by atoms with van der Waals surface area (Å²) in [5.74, 6) is 1.37. The van der Waals surface area contributed by atoms with Crippen molar-refractivity contribution in [3.63, 3.8) is 0 Å². The first-order valence-electron chi connectivity index (χ1n) is 7.99. The highest BCUT2D eigenvalue weighted by Crippen LogP contribution is 2.35. The average Bonchev–Trinajstić information content (AvgIpc) is 2.10. The number of rotatable bonds is 6. The molecule has 1 heteroatoms.